The van der Waals surface area contributed by atoms with Crippen molar-refractivity contribution in [2.75, 3.05) is 13.2 Å². The van der Waals surface area contributed by atoms with Gasteiger partial charge in [0.25, 0.3) is 5.91 Å². The van der Waals surface area contributed by atoms with Crippen LogP contribution in [-0.2, 0) is 4.79 Å². The van der Waals surface area contributed by atoms with E-state index in [1.807, 2.05) is 0 Å². The highest BCUT2D eigenvalue weighted by Gasteiger charge is 2.29. The number of nitrogens with one attached hydrogen (secondary N) is 1. The number of carbonyl (C=O) groups excluding carboxylic acids is 1. The van der Waals surface area contributed by atoms with Crippen molar-refractivity contribution in [3.63, 3.8) is 0 Å². The number of ether oxygens (including phenoxy) is 1. The van der Waals surface area contributed by atoms with Crippen LogP contribution in [0.4, 0.5) is 4.39 Å². The van der Waals surface area contributed by atoms with E-state index in [1.54, 1.807) is 13.8 Å². The fraction of sp³-hybridized carbons (Fsp3) is 0.562. The van der Waals surface area contributed by atoms with E-state index in [0.717, 1.165) is 25.7 Å². The van der Waals surface area contributed by atoms with Gasteiger partial charge in [0.05, 0.1) is 0 Å². The Labute approximate surface area is 125 Å². The highest BCUT2D eigenvalue weighted by Crippen LogP contribution is 2.18. The molecule has 0 saturated heterocycles. The molecule has 118 valence electrons. The van der Waals surface area contributed by atoms with Crippen LogP contribution in [0.2, 0.25) is 0 Å². The molecule has 0 unspecified atom stereocenters. The Hall–Kier alpha value is -1.62. The molecule has 0 fully saturated rings. The number of aliphatic hydroxyl groups is 1. The standard InChI is InChI=1S/C16H24FNO3/c1-16(2,21-14-9-7-13(17)8-10-14)15(20)18-11-5-3-4-6-12-19/h7-10,19H,3-6,11-12H2,1-2H3,(H,18,20). The number of unbranched alkanes of at least 4 members (excludes halogenated alkanes) is 3. The summed E-state index contributed by atoms with van der Waals surface area (Å²) in [6, 6.07) is 5.59. The third-order valence-corrected chi connectivity index (χ3v) is 3.10. The number of amides is 1. The summed E-state index contributed by atoms with van der Waals surface area (Å²) in [6.45, 7) is 4.15. The summed E-state index contributed by atoms with van der Waals surface area (Å²) in [7, 11) is 0. The normalized spacial score (nSPS) is 11.2. The Morgan fingerprint density at radius 1 is 1.19 bits per heavy atom. The van der Waals surface area contributed by atoms with Crippen molar-refractivity contribution in [2.24, 2.45) is 0 Å². The molecule has 5 heteroatoms. The van der Waals surface area contributed by atoms with E-state index in [2.05, 4.69) is 5.32 Å². The van der Waals surface area contributed by atoms with Gasteiger partial charge in [0.1, 0.15) is 11.6 Å². The Morgan fingerprint density at radius 2 is 1.81 bits per heavy atom. The number of hydrogen-bond acceptors (Lipinski definition) is 3. The molecule has 1 aromatic carbocycles. The minimum absolute atomic E-state index is 0.200. The fourth-order valence-corrected chi connectivity index (χ4v) is 1.85. The van der Waals surface area contributed by atoms with E-state index in [0.29, 0.717) is 12.3 Å². The van der Waals surface area contributed by atoms with Gasteiger partial charge in [-0.25, -0.2) is 4.39 Å². The molecule has 0 saturated carbocycles. The molecule has 0 aliphatic carbocycles. The molecule has 0 bridgehead atoms. The predicted octanol–water partition coefficient (Wildman–Crippen LogP) is 2.65. The first-order chi connectivity index (χ1) is 9.95. The van der Waals surface area contributed by atoms with Crippen LogP contribution in [0, 0.1) is 5.82 Å². The van der Waals surface area contributed by atoms with Crippen molar-refractivity contribution in [2.45, 2.75) is 45.1 Å². The van der Waals surface area contributed by atoms with E-state index in [1.165, 1.54) is 24.3 Å². The predicted molar refractivity (Wildman–Crippen MR) is 79.7 cm³/mol. The third-order valence-electron chi connectivity index (χ3n) is 3.10. The molecular weight excluding hydrogens is 273 g/mol. The lowest BCUT2D eigenvalue weighted by atomic mass is 10.1. The van der Waals surface area contributed by atoms with Crippen LogP contribution in [0.25, 0.3) is 0 Å². The van der Waals surface area contributed by atoms with Crippen LogP contribution >= 0.6 is 0 Å². The maximum Gasteiger partial charge on any atom is 0.263 e. The monoisotopic (exact) mass is 297 g/mol. The molecule has 1 rings (SSSR count). The van der Waals surface area contributed by atoms with E-state index < -0.39 is 5.60 Å². The fourth-order valence-electron chi connectivity index (χ4n) is 1.85. The Balaban J connectivity index is 2.35. The van der Waals surface area contributed by atoms with Gasteiger partial charge in [-0.05, 0) is 51.0 Å². The molecule has 1 amide bonds. The molecule has 0 aromatic heterocycles. The van der Waals surface area contributed by atoms with E-state index in [9.17, 15) is 9.18 Å². The third kappa shape index (κ3) is 6.58. The largest absolute Gasteiger partial charge is 0.478 e. The van der Waals surface area contributed by atoms with Crippen LogP contribution in [0.15, 0.2) is 24.3 Å². The van der Waals surface area contributed by atoms with E-state index >= 15 is 0 Å². The number of hydrogen-bond donors (Lipinski definition) is 2. The summed E-state index contributed by atoms with van der Waals surface area (Å²) in [4.78, 5) is 12.1. The number of aliphatic hydroxyl groups excluding tert-OH is 1. The minimum atomic E-state index is -1.01. The van der Waals surface area contributed by atoms with E-state index in [-0.39, 0.29) is 18.3 Å². The lowest BCUT2D eigenvalue weighted by Gasteiger charge is -2.25. The SMILES string of the molecule is CC(C)(Oc1ccc(F)cc1)C(=O)NCCCCCCO. The second kappa shape index (κ2) is 8.62. The Morgan fingerprint density at radius 3 is 2.43 bits per heavy atom. The van der Waals surface area contributed by atoms with Crippen LogP contribution in [-0.4, -0.2) is 29.8 Å². The van der Waals surface area contributed by atoms with E-state index in [4.69, 9.17) is 9.84 Å². The summed E-state index contributed by atoms with van der Waals surface area (Å²) in [6.07, 6.45) is 3.60. The summed E-state index contributed by atoms with van der Waals surface area (Å²) in [5.74, 6) is -0.0824. The van der Waals surface area contributed by atoms with Crippen molar-refractivity contribution in [1.29, 1.82) is 0 Å². The lowest BCUT2D eigenvalue weighted by Crippen LogP contribution is -2.46. The molecular formula is C16H24FNO3. The average molecular weight is 297 g/mol. The van der Waals surface area contributed by atoms with Gasteiger partial charge in [-0.3, -0.25) is 4.79 Å². The van der Waals surface area contributed by atoms with Gasteiger partial charge in [0, 0.05) is 13.2 Å². The van der Waals surface area contributed by atoms with Gasteiger partial charge in [-0.1, -0.05) is 12.8 Å². The van der Waals surface area contributed by atoms with Crippen molar-refractivity contribution in [3.8, 4) is 5.75 Å². The van der Waals surface area contributed by atoms with Gasteiger partial charge in [-0.2, -0.15) is 0 Å². The summed E-state index contributed by atoms with van der Waals surface area (Å²) in [5.41, 5.74) is -1.01. The Kier molecular flexibility index (Phi) is 7.15. The highest BCUT2D eigenvalue weighted by molar-refractivity contribution is 5.84. The summed E-state index contributed by atoms with van der Waals surface area (Å²) in [5, 5.41) is 11.5. The zero-order valence-electron chi connectivity index (χ0n) is 12.7. The topological polar surface area (TPSA) is 58.6 Å². The molecule has 0 radical (unpaired) electrons. The van der Waals surface area contributed by atoms with Crippen molar-refractivity contribution < 1.29 is 19.0 Å². The number of carbonyl (C=O) groups is 1. The highest BCUT2D eigenvalue weighted by atomic mass is 19.1. The van der Waals surface area contributed by atoms with Crippen LogP contribution < -0.4 is 10.1 Å². The maximum atomic E-state index is 12.8. The molecule has 4 nitrogen and oxygen atoms in total. The molecule has 0 aliphatic rings. The molecule has 1 aromatic rings. The Bertz CT molecular complexity index is 432. The first kappa shape index (κ1) is 17.4. The second-order valence-electron chi connectivity index (χ2n) is 5.46. The zero-order valence-corrected chi connectivity index (χ0v) is 12.7. The van der Waals surface area contributed by atoms with Crippen LogP contribution in [0.5, 0.6) is 5.75 Å². The molecule has 21 heavy (non-hydrogen) atoms. The minimum Gasteiger partial charge on any atom is -0.478 e. The van der Waals surface area contributed by atoms with Gasteiger partial charge in [0.15, 0.2) is 5.60 Å². The second-order valence-corrected chi connectivity index (χ2v) is 5.46. The summed E-state index contributed by atoms with van der Waals surface area (Å²) < 4.78 is 18.4. The van der Waals surface area contributed by atoms with Crippen molar-refractivity contribution in [1.82, 2.24) is 5.32 Å². The van der Waals surface area contributed by atoms with Crippen molar-refractivity contribution in [3.05, 3.63) is 30.1 Å². The number of benzene rings is 1. The maximum absolute atomic E-state index is 12.8. The summed E-state index contributed by atoms with van der Waals surface area (Å²) >= 11 is 0. The van der Waals surface area contributed by atoms with Crippen molar-refractivity contribution >= 4 is 5.91 Å². The first-order valence-electron chi connectivity index (χ1n) is 7.29. The quantitative estimate of drug-likeness (QED) is 0.689. The number of rotatable bonds is 9. The molecule has 0 aliphatic heterocycles. The van der Waals surface area contributed by atoms with Gasteiger partial charge in [-0.15, -0.1) is 0 Å². The lowest BCUT2D eigenvalue weighted by molar-refractivity contribution is -0.134. The number of halogens is 1. The zero-order chi connectivity index (χ0) is 15.7. The molecule has 0 spiro atoms. The van der Waals surface area contributed by atoms with Crippen LogP contribution in [0.1, 0.15) is 39.5 Å². The van der Waals surface area contributed by atoms with Gasteiger partial charge >= 0.3 is 0 Å². The van der Waals surface area contributed by atoms with Gasteiger partial charge < -0.3 is 15.2 Å². The first-order valence-corrected chi connectivity index (χ1v) is 7.29. The molecule has 0 atom stereocenters. The molecule has 2 N–H and O–H groups in total. The van der Waals surface area contributed by atoms with Crippen LogP contribution in [0.3, 0.4) is 0 Å². The van der Waals surface area contributed by atoms with Gasteiger partial charge in [0.2, 0.25) is 0 Å². The molecule has 0 heterocycles. The smallest absolute Gasteiger partial charge is 0.263 e. The average Bonchev–Trinajstić information content (AvgIpc) is 2.44.